The number of hydrogen-bond acceptors (Lipinski definition) is 3. The maximum Gasteiger partial charge on any atom is 0.411 e. The number of fused-ring (bicyclic) bond motifs is 1. The second kappa shape index (κ2) is 6.13. The van der Waals surface area contributed by atoms with E-state index in [2.05, 4.69) is 20.0 Å². The summed E-state index contributed by atoms with van der Waals surface area (Å²) in [6.45, 7) is 0.0252. The van der Waals surface area contributed by atoms with Gasteiger partial charge in [-0.25, -0.2) is 4.98 Å². The fourth-order valence-electron chi connectivity index (χ4n) is 1.84. The topological polar surface area (TPSA) is 67.0 Å². The molecular weight excluding hydrogens is 287 g/mol. The molecule has 0 aliphatic heterocycles. The lowest BCUT2D eigenvalue weighted by atomic mass is 10.2. The summed E-state index contributed by atoms with van der Waals surface area (Å²) in [5, 5.41) is 3.23. The number of aromatic amines is 1. The molecule has 2 heterocycles. The van der Waals surface area contributed by atoms with Crippen LogP contribution in [0.4, 0.5) is 13.2 Å². The molecule has 0 aliphatic rings. The second-order valence-electron chi connectivity index (χ2n) is 4.61. The van der Waals surface area contributed by atoms with Crippen LogP contribution in [0.15, 0.2) is 24.5 Å². The van der Waals surface area contributed by atoms with Crippen molar-refractivity contribution in [1.82, 2.24) is 15.3 Å². The van der Waals surface area contributed by atoms with Crippen molar-refractivity contribution in [2.45, 2.75) is 19.1 Å². The Kier molecular flexibility index (Phi) is 4.46. The minimum Gasteiger partial charge on any atom is -0.370 e. The molecule has 0 aromatic carbocycles. The zero-order valence-electron chi connectivity index (χ0n) is 11.2. The number of nitrogens with one attached hydrogen (secondary N) is 2. The Balaban J connectivity index is 1.92. The van der Waals surface area contributed by atoms with Crippen molar-refractivity contribution in [3.63, 3.8) is 0 Å². The summed E-state index contributed by atoms with van der Waals surface area (Å²) >= 11 is 0. The van der Waals surface area contributed by atoms with Gasteiger partial charge in [-0.05, 0) is 19.1 Å². The van der Waals surface area contributed by atoms with Crippen LogP contribution in [0.25, 0.3) is 11.0 Å². The van der Waals surface area contributed by atoms with Gasteiger partial charge in [0.25, 0.3) is 5.91 Å². The van der Waals surface area contributed by atoms with Gasteiger partial charge in [-0.15, -0.1) is 0 Å². The van der Waals surface area contributed by atoms with Crippen LogP contribution in [0.1, 0.15) is 17.3 Å². The Morgan fingerprint density at radius 2 is 2.29 bits per heavy atom. The van der Waals surface area contributed by atoms with Gasteiger partial charge >= 0.3 is 6.18 Å². The quantitative estimate of drug-likeness (QED) is 0.890. The predicted octanol–water partition coefficient (Wildman–Crippen LogP) is 2.26. The lowest BCUT2D eigenvalue weighted by molar-refractivity contribution is -0.174. The summed E-state index contributed by atoms with van der Waals surface area (Å²) in [6, 6.07) is 2.89. The van der Waals surface area contributed by atoms with Crippen molar-refractivity contribution in [3.05, 3.63) is 30.1 Å². The van der Waals surface area contributed by atoms with Gasteiger partial charge in [0.05, 0.1) is 12.2 Å². The summed E-state index contributed by atoms with van der Waals surface area (Å²) < 4.78 is 40.3. The average Bonchev–Trinajstić information content (AvgIpc) is 2.80. The molecule has 2 aromatic rings. The number of rotatable bonds is 5. The van der Waals surface area contributed by atoms with Gasteiger partial charge in [-0.3, -0.25) is 4.79 Å². The van der Waals surface area contributed by atoms with Gasteiger partial charge in [0, 0.05) is 23.8 Å². The first kappa shape index (κ1) is 15.3. The van der Waals surface area contributed by atoms with Gasteiger partial charge < -0.3 is 15.0 Å². The van der Waals surface area contributed by atoms with E-state index in [1.54, 1.807) is 25.3 Å². The number of amides is 1. The molecule has 114 valence electrons. The number of halogens is 3. The Labute approximate surface area is 118 Å². The summed E-state index contributed by atoms with van der Waals surface area (Å²) in [7, 11) is 0. The number of H-pyrrole nitrogens is 1. The van der Waals surface area contributed by atoms with E-state index < -0.39 is 24.7 Å². The van der Waals surface area contributed by atoms with Crippen molar-refractivity contribution >= 4 is 16.9 Å². The number of nitrogens with zero attached hydrogens (tertiary/aromatic N) is 1. The van der Waals surface area contributed by atoms with Gasteiger partial charge in [0.2, 0.25) is 0 Å². The highest BCUT2D eigenvalue weighted by Crippen LogP contribution is 2.16. The highest BCUT2D eigenvalue weighted by atomic mass is 19.4. The average molecular weight is 301 g/mol. The number of pyridine rings is 1. The van der Waals surface area contributed by atoms with E-state index in [9.17, 15) is 18.0 Å². The van der Waals surface area contributed by atoms with Crippen LogP contribution in [0, 0.1) is 0 Å². The second-order valence-corrected chi connectivity index (χ2v) is 4.61. The van der Waals surface area contributed by atoms with Gasteiger partial charge in [0.15, 0.2) is 0 Å². The number of alkyl halides is 3. The molecule has 0 aliphatic carbocycles. The Hall–Kier alpha value is -2.09. The lowest BCUT2D eigenvalue weighted by Gasteiger charge is -2.14. The molecule has 2 aromatic heterocycles. The van der Waals surface area contributed by atoms with Crippen LogP contribution in [0.3, 0.4) is 0 Å². The van der Waals surface area contributed by atoms with E-state index in [4.69, 9.17) is 0 Å². The maximum absolute atomic E-state index is 12.1. The van der Waals surface area contributed by atoms with Crippen LogP contribution in [0.5, 0.6) is 0 Å². The fraction of sp³-hybridized carbons (Fsp3) is 0.385. The number of carbonyl (C=O) groups excluding carboxylic acids is 1. The Morgan fingerprint density at radius 1 is 1.52 bits per heavy atom. The van der Waals surface area contributed by atoms with Crippen molar-refractivity contribution in [3.8, 4) is 0 Å². The molecule has 2 rings (SSSR count). The third-order valence-electron chi connectivity index (χ3n) is 2.71. The monoisotopic (exact) mass is 301 g/mol. The van der Waals surface area contributed by atoms with Crippen LogP contribution >= 0.6 is 0 Å². The number of ether oxygens (including phenoxy) is 1. The Morgan fingerprint density at radius 3 is 3.00 bits per heavy atom. The lowest BCUT2D eigenvalue weighted by Crippen LogP contribution is -2.36. The molecule has 1 atom stereocenters. The molecule has 0 bridgehead atoms. The van der Waals surface area contributed by atoms with E-state index in [0.29, 0.717) is 16.6 Å². The number of aromatic nitrogens is 2. The standard InChI is InChI=1S/C13H14F3N3O2/c1-8(6-21-7-13(14,15)16)19-12(20)10-5-18-11-9(10)3-2-4-17-11/h2-5,8H,6-7H2,1H3,(H,17,18)(H,19,20)/t8-/m0/s1. The molecule has 8 heteroatoms. The van der Waals surface area contributed by atoms with Crippen LogP contribution < -0.4 is 5.32 Å². The van der Waals surface area contributed by atoms with E-state index >= 15 is 0 Å². The van der Waals surface area contributed by atoms with Crippen LogP contribution in [0.2, 0.25) is 0 Å². The predicted molar refractivity (Wildman–Crippen MR) is 69.9 cm³/mol. The minimum atomic E-state index is -4.37. The third-order valence-corrected chi connectivity index (χ3v) is 2.71. The molecular formula is C13H14F3N3O2. The van der Waals surface area contributed by atoms with Gasteiger partial charge in [0.1, 0.15) is 12.3 Å². The molecule has 0 fully saturated rings. The third kappa shape index (κ3) is 4.19. The zero-order chi connectivity index (χ0) is 15.5. The molecule has 0 saturated carbocycles. The van der Waals surface area contributed by atoms with E-state index in [1.807, 2.05) is 0 Å². The maximum atomic E-state index is 12.1. The molecule has 0 spiro atoms. The SMILES string of the molecule is C[C@@H](COCC(F)(F)F)NC(=O)c1c[nH]c2ncccc12. The van der Waals surface area contributed by atoms with Gasteiger partial charge in [-0.1, -0.05) is 0 Å². The summed E-state index contributed by atoms with van der Waals surface area (Å²) in [5.74, 6) is -0.391. The fourth-order valence-corrected chi connectivity index (χ4v) is 1.84. The molecule has 5 nitrogen and oxygen atoms in total. The molecule has 0 radical (unpaired) electrons. The van der Waals surface area contributed by atoms with Crippen molar-refractivity contribution in [2.24, 2.45) is 0 Å². The van der Waals surface area contributed by atoms with Crippen LogP contribution in [-0.4, -0.2) is 41.3 Å². The van der Waals surface area contributed by atoms with Crippen molar-refractivity contribution < 1.29 is 22.7 Å². The zero-order valence-corrected chi connectivity index (χ0v) is 11.2. The van der Waals surface area contributed by atoms with E-state index in [1.165, 1.54) is 6.20 Å². The molecule has 1 amide bonds. The molecule has 0 saturated heterocycles. The molecule has 2 N–H and O–H groups in total. The first-order valence-corrected chi connectivity index (χ1v) is 6.24. The highest BCUT2D eigenvalue weighted by molar-refractivity contribution is 6.05. The highest BCUT2D eigenvalue weighted by Gasteiger charge is 2.27. The largest absolute Gasteiger partial charge is 0.411 e. The van der Waals surface area contributed by atoms with Crippen LogP contribution in [-0.2, 0) is 4.74 Å². The van der Waals surface area contributed by atoms with E-state index in [0.717, 1.165) is 0 Å². The first-order valence-electron chi connectivity index (χ1n) is 6.24. The molecule has 0 unspecified atom stereocenters. The van der Waals surface area contributed by atoms with Crippen molar-refractivity contribution in [1.29, 1.82) is 0 Å². The van der Waals surface area contributed by atoms with E-state index in [-0.39, 0.29) is 6.61 Å². The smallest absolute Gasteiger partial charge is 0.370 e. The Bertz CT molecular complexity index is 624. The summed E-state index contributed by atoms with van der Waals surface area (Å²) in [5.41, 5.74) is 0.962. The van der Waals surface area contributed by atoms with Gasteiger partial charge in [-0.2, -0.15) is 13.2 Å². The molecule has 21 heavy (non-hydrogen) atoms. The number of hydrogen-bond donors (Lipinski definition) is 2. The normalized spacial score (nSPS) is 13.3. The van der Waals surface area contributed by atoms with Crippen molar-refractivity contribution in [2.75, 3.05) is 13.2 Å². The summed E-state index contributed by atoms with van der Waals surface area (Å²) in [4.78, 5) is 19.0. The summed E-state index contributed by atoms with van der Waals surface area (Å²) in [6.07, 6.45) is -1.27. The minimum absolute atomic E-state index is 0.216. The number of carbonyl (C=O) groups is 1. The first-order chi connectivity index (χ1) is 9.87.